The van der Waals surface area contributed by atoms with Gasteiger partial charge < -0.3 is 15.0 Å². The van der Waals surface area contributed by atoms with Crippen LogP contribution >= 0.6 is 0 Å². The fourth-order valence-electron chi connectivity index (χ4n) is 11.4. The van der Waals surface area contributed by atoms with Crippen molar-refractivity contribution >= 4 is 12.0 Å². The molecule has 6 nitrogen and oxygen atoms in total. The van der Waals surface area contributed by atoms with E-state index in [9.17, 15) is 9.59 Å². The van der Waals surface area contributed by atoms with E-state index in [2.05, 4.69) is 39.4 Å². The second-order valence-electron chi connectivity index (χ2n) is 14.5. The van der Waals surface area contributed by atoms with Crippen molar-refractivity contribution in [2.24, 2.45) is 22.7 Å². The van der Waals surface area contributed by atoms with E-state index >= 15 is 0 Å². The fourth-order valence-corrected chi connectivity index (χ4v) is 11.4. The number of rotatable bonds is 5. The SMILES string of the molecule is CC(C)(C)OC(=O)NCCCN1CCC23c4ccccc4CC1C21CC24CN(C(=O)c5ccccc5)C(CC21)C43. The lowest BCUT2D eigenvalue weighted by atomic mass is 9.39. The van der Waals surface area contributed by atoms with E-state index in [1.54, 1.807) is 5.56 Å². The number of nitrogens with zero attached hydrogens (tertiary/aromatic N) is 2. The molecular weight excluding hydrogens is 498 g/mol. The molecule has 7 atom stereocenters. The molecule has 6 heteroatoms. The molecule has 8 rings (SSSR count). The molecule has 2 aliphatic heterocycles. The number of ether oxygens (including phenoxy) is 1. The number of amides is 2. The van der Waals surface area contributed by atoms with Gasteiger partial charge in [0, 0.05) is 48.1 Å². The fraction of sp³-hybridized carbons (Fsp3) is 0.588. The number of likely N-dealkylation sites (tertiary alicyclic amines) is 2. The van der Waals surface area contributed by atoms with Crippen molar-refractivity contribution in [2.75, 3.05) is 26.2 Å². The van der Waals surface area contributed by atoms with Crippen molar-refractivity contribution in [1.82, 2.24) is 15.1 Å². The second-order valence-corrected chi connectivity index (χ2v) is 14.5. The van der Waals surface area contributed by atoms with Crippen LogP contribution in [0.25, 0.3) is 0 Å². The number of carbonyl (C=O) groups is 2. The summed E-state index contributed by atoms with van der Waals surface area (Å²) in [6.07, 6.45) is 5.38. The Labute approximate surface area is 237 Å². The zero-order valence-electron chi connectivity index (χ0n) is 24.0. The van der Waals surface area contributed by atoms with Gasteiger partial charge in [-0.2, -0.15) is 0 Å². The molecule has 0 aromatic heterocycles. The zero-order valence-corrected chi connectivity index (χ0v) is 24.0. The topological polar surface area (TPSA) is 61.9 Å². The number of hydrogen-bond donors (Lipinski definition) is 1. The third-order valence-electron chi connectivity index (χ3n) is 12.0. The Morgan fingerprint density at radius 3 is 2.65 bits per heavy atom. The van der Waals surface area contributed by atoms with Gasteiger partial charge in [0.1, 0.15) is 5.60 Å². The summed E-state index contributed by atoms with van der Waals surface area (Å²) in [5.41, 5.74) is 4.33. The van der Waals surface area contributed by atoms with Crippen LogP contribution in [-0.4, -0.2) is 65.7 Å². The molecule has 2 aromatic rings. The molecule has 210 valence electrons. The largest absolute Gasteiger partial charge is 0.444 e. The number of hydrogen-bond acceptors (Lipinski definition) is 4. The van der Waals surface area contributed by atoms with Crippen molar-refractivity contribution in [3.63, 3.8) is 0 Å². The number of benzene rings is 2. The molecule has 5 fully saturated rings. The van der Waals surface area contributed by atoms with Gasteiger partial charge in [-0.3, -0.25) is 9.69 Å². The normalized spacial score (nSPS) is 37.9. The first-order valence-corrected chi connectivity index (χ1v) is 15.4. The molecule has 4 aliphatic carbocycles. The molecule has 40 heavy (non-hydrogen) atoms. The minimum Gasteiger partial charge on any atom is -0.444 e. The zero-order chi connectivity index (χ0) is 27.5. The summed E-state index contributed by atoms with van der Waals surface area (Å²) in [7, 11) is 0. The molecule has 3 saturated carbocycles. The Balaban J connectivity index is 1.07. The number of piperidine rings is 2. The van der Waals surface area contributed by atoms with Crippen molar-refractivity contribution < 1.29 is 14.3 Å². The van der Waals surface area contributed by atoms with Crippen LogP contribution in [0.1, 0.15) is 67.9 Å². The summed E-state index contributed by atoms with van der Waals surface area (Å²) < 4.78 is 5.44. The van der Waals surface area contributed by atoms with E-state index in [1.807, 2.05) is 51.1 Å². The van der Waals surface area contributed by atoms with E-state index in [-0.39, 0.29) is 17.4 Å². The van der Waals surface area contributed by atoms with Gasteiger partial charge in [0.2, 0.25) is 0 Å². The first-order chi connectivity index (χ1) is 19.2. The van der Waals surface area contributed by atoms with Crippen LogP contribution in [0.5, 0.6) is 0 Å². The highest BCUT2D eigenvalue weighted by Gasteiger charge is 2.93. The molecule has 0 radical (unpaired) electrons. The van der Waals surface area contributed by atoms with Crippen LogP contribution in [-0.2, 0) is 16.6 Å². The Kier molecular flexibility index (Phi) is 5.05. The van der Waals surface area contributed by atoms with Gasteiger partial charge in [-0.05, 0) is 99.9 Å². The molecule has 6 aliphatic rings. The molecule has 2 amide bonds. The van der Waals surface area contributed by atoms with E-state index < -0.39 is 5.60 Å². The minimum atomic E-state index is -0.475. The van der Waals surface area contributed by atoms with Crippen molar-refractivity contribution in [3.8, 4) is 0 Å². The molecule has 1 N–H and O–H groups in total. The number of fused-ring (bicyclic) bond motifs is 1. The summed E-state index contributed by atoms with van der Waals surface area (Å²) in [5, 5.41) is 2.97. The van der Waals surface area contributed by atoms with Gasteiger partial charge in [-0.1, -0.05) is 42.5 Å². The van der Waals surface area contributed by atoms with Crippen LogP contribution in [0.2, 0.25) is 0 Å². The van der Waals surface area contributed by atoms with E-state index in [1.165, 1.54) is 24.8 Å². The summed E-state index contributed by atoms with van der Waals surface area (Å²) in [6, 6.07) is 20.1. The average Bonchev–Trinajstić information content (AvgIpc) is 3.56. The summed E-state index contributed by atoms with van der Waals surface area (Å²) in [6.45, 7) is 9.39. The molecule has 7 bridgehead atoms. The summed E-state index contributed by atoms with van der Waals surface area (Å²) >= 11 is 0. The van der Waals surface area contributed by atoms with Crippen molar-refractivity contribution in [2.45, 2.75) is 76.0 Å². The van der Waals surface area contributed by atoms with Crippen molar-refractivity contribution in [3.05, 3.63) is 71.3 Å². The highest BCUT2D eigenvalue weighted by molar-refractivity contribution is 5.95. The monoisotopic (exact) mass is 539 g/mol. The summed E-state index contributed by atoms with van der Waals surface area (Å²) in [4.78, 5) is 31.0. The molecule has 2 aromatic carbocycles. The molecule has 2 heterocycles. The van der Waals surface area contributed by atoms with E-state index in [0.717, 1.165) is 44.0 Å². The van der Waals surface area contributed by atoms with Gasteiger partial charge in [0.25, 0.3) is 5.91 Å². The molecule has 2 saturated heterocycles. The molecular formula is C34H41N3O3. The lowest BCUT2D eigenvalue weighted by Crippen LogP contribution is -2.74. The maximum Gasteiger partial charge on any atom is 0.407 e. The Bertz CT molecular complexity index is 1390. The first kappa shape index (κ1) is 24.9. The van der Waals surface area contributed by atoms with Gasteiger partial charge in [0.15, 0.2) is 0 Å². The Morgan fingerprint density at radius 2 is 1.85 bits per heavy atom. The van der Waals surface area contributed by atoms with Gasteiger partial charge in [0.05, 0.1) is 0 Å². The Hall–Kier alpha value is -2.86. The maximum atomic E-state index is 13.7. The van der Waals surface area contributed by atoms with Crippen LogP contribution in [0, 0.1) is 22.7 Å². The van der Waals surface area contributed by atoms with Crippen molar-refractivity contribution in [1.29, 1.82) is 0 Å². The Morgan fingerprint density at radius 1 is 1.07 bits per heavy atom. The number of carbonyl (C=O) groups excluding carboxylic acids is 2. The molecule has 7 unspecified atom stereocenters. The van der Waals surface area contributed by atoms with Crippen LogP contribution in [0.4, 0.5) is 4.79 Å². The van der Waals surface area contributed by atoms with Gasteiger partial charge in [-0.25, -0.2) is 4.79 Å². The third kappa shape index (κ3) is 2.93. The average molecular weight is 540 g/mol. The van der Waals surface area contributed by atoms with E-state index in [0.29, 0.717) is 35.4 Å². The third-order valence-corrected chi connectivity index (χ3v) is 12.0. The standard InChI is InChI=1S/C34H41N3O3/c1-31(2,3)40-30(39)35-15-9-16-36-17-14-33-24-13-8-7-12-23(24)18-27(36)34(33)20-32-21-37(25(28(32)33)19-26(32)34)29(38)22-10-5-4-6-11-22/h4-8,10-13,25-28H,9,14-21H2,1-3H3,(H,35,39). The predicted molar refractivity (Wildman–Crippen MR) is 153 cm³/mol. The number of nitrogens with one attached hydrogen (secondary N) is 1. The molecule has 2 spiro atoms. The van der Waals surface area contributed by atoms with Crippen LogP contribution in [0.3, 0.4) is 0 Å². The predicted octanol–water partition coefficient (Wildman–Crippen LogP) is 5.02. The van der Waals surface area contributed by atoms with Gasteiger partial charge in [-0.15, -0.1) is 0 Å². The maximum absolute atomic E-state index is 13.7. The summed E-state index contributed by atoms with van der Waals surface area (Å²) in [5.74, 6) is 1.53. The van der Waals surface area contributed by atoms with E-state index in [4.69, 9.17) is 4.74 Å². The lowest BCUT2D eigenvalue weighted by Gasteiger charge is -2.71. The first-order valence-electron chi connectivity index (χ1n) is 15.4. The minimum absolute atomic E-state index is 0.192. The highest BCUT2D eigenvalue weighted by atomic mass is 16.6. The number of alkyl carbamates (subject to hydrolysis) is 1. The van der Waals surface area contributed by atoms with Gasteiger partial charge >= 0.3 is 6.09 Å². The smallest absolute Gasteiger partial charge is 0.407 e. The highest BCUT2D eigenvalue weighted by Crippen LogP contribution is 2.92. The quantitative estimate of drug-likeness (QED) is 0.542. The van der Waals surface area contributed by atoms with Crippen LogP contribution in [0.15, 0.2) is 54.6 Å². The lowest BCUT2D eigenvalue weighted by molar-refractivity contribution is -0.180. The second kappa shape index (κ2) is 8.12. The van der Waals surface area contributed by atoms with Crippen LogP contribution < -0.4 is 5.32 Å².